The molecule has 22 heavy (non-hydrogen) atoms. The molecule has 3 nitrogen and oxygen atoms in total. The van der Waals surface area contributed by atoms with Gasteiger partial charge in [0.25, 0.3) is 0 Å². The summed E-state index contributed by atoms with van der Waals surface area (Å²) in [5.74, 6) is 0.707. The Balaban J connectivity index is 1.77. The Kier molecular flexibility index (Phi) is 4.24. The van der Waals surface area contributed by atoms with E-state index in [2.05, 4.69) is 11.1 Å². The molecule has 112 valence electrons. The first kappa shape index (κ1) is 14.4. The monoisotopic (exact) mass is 293 g/mol. The number of carbonyl (C=O) groups is 1. The topological polar surface area (TPSA) is 42.1 Å². The van der Waals surface area contributed by atoms with E-state index in [9.17, 15) is 4.79 Å². The van der Waals surface area contributed by atoms with Gasteiger partial charge >= 0.3 is 0 Å². The number of fused-ring (bicyclic) bond motifs is 1. The van der Waals surface area contributed by atoms with Crippen molar-refractivity contribution in [3.63, 3.8) is 0 Å². The van der Waals surface area contributed by atoms with Crippen molar-refractivity contribution < 1.29 is 9.53 Å². The van der Waals surface area contributed by atoms with Crippen molar-refractivity contribution >= 4 is 22.8 Å². The van der Waals surface area contributed by atoms with Gasteiger partial charge in [-0.25, -0.2) is 0 Å². The van der Waals surface area contributed by atoms with Gasteiger partial charge in [-0.05, 0) is 61.1 Å². The fraction of sp³-hybridized carbons (Fsp3) is 0.211. The first-order valence-corrected chi connectivity index (χ1v) is 7.61. The van der Waals surface area contributed by atoms with Gasteiger partial charge < -0.3 is 9.72 Å². The summed E-state index contributed by atoms with van der Waals surface area (Å²) in [6, 6.07) is 8.10. The first-order valence-electron chi connectivity index (χ1n) is 7.61. The summed E-state index contributed by atoms with van der Waals surface area (Å²) in [7, 11) is 0. The predicted molar refractivity (Wildman–Crippen MR) is 89.4 cm³/mol. The average Bonchev–Trinajstić information content (AvgIpc) is 3.01. The Hall–Kier alpha value is -2.55. The standard InChI is InChI=1S/C19H19NO2/c1-2-22-19-6-4-3-5-16(19)18(21)10-8-14-7-9-17-15(13-14)11-12-20-17/h5-13,20H,2-4H2,1H3/b10-8+. The van der Waals surface area contributed by atoms with E-state index in [-0.39, 0.29) is 5.78 Å². The third-order valence-electron chi connectivity index (χ3n) is 3.68. The Morgan fingerprint density at radius 2 is 2.14 bits per heavy atom. The number of carbonyl (C=O) groups excluding carboxylic acids is 1. The van der Waals surface area contributed by atoms with Crippen molar-refractivity contribution in [1.82, 2.24) is 4.98 Å². The number of aromatic amines is 1. The van der Waals surface area contributed by atoms with E-state index in [1.165, 1.54) is 0 Å². The number of hydrogen-bond donors (Lipinski definition) is 1. The van der Waals surface area contributed by atoms with Crippen LogP contribution in [0.4, 0.5) is 0 Å². The van der Waals surface area contributed by atoms with Gasteiger partial charge in [-0.1, -0.05) is 18.2 Å². The highest BCUT2D eigenvalue weighted by molar-refractivity contribution is 6.09. The number of ether oxygens (including phenoxy) is 1. The first-order chi connectivity index (χ1) is 10.8. The molecule has 0 spiro atoms. The molecular weight excluding hydrogens is 274 g/mol. The number of benzene rings is 1. The van der Waals surface area contributed by atoms with Crippen molar-refractivity contribution in [3.05, 3.63) is 65.6 Å². The Bertz CT molecular complexity index is 778. The van der Waals surface area contributed by atoms with Crippen LogP contribution in [0.2, 0.25) is 0 Å². The van der Waals surface area contributed by atoms with E-state index in [1.54, 1.807) is 6.08 Å². The summed E-state index contributed by atoms with van der Waals surface area (Å²) >= 11 is 0. The maximum atomic E-state index is 12.4. The molecule has 0 radical (unpaired) electrons. The molecule has 0 bridgehead atoms. The van der Waals surface area contributed by atoms with Crippen molar-refractivity contribution in [1.29, 1.82) is 0 Å². The highest BCUT2D eigenvalue weighted by atomic mass is 16.5. The van der Waals surface area contributed by atoms with E-state index in [4.69, 9.17) is 4.74 Å². The van der Waals surface area contributed by atoms with Gasteiger partial charge in [0.1, 0.15) is 5.76 Å². The lowest BCUT2D eigenvalue weighted by molar-refractivity contribution is -0.111. The summed E-state index contributed by atoms with van der Waals surface area (Å²) in [6.07, 6.45) is 11.2. The molecule has 0 saturated carbocycles. The summed E-state index contributed by atoms with van der Waals surface area (Å²) < 4.78 is 5.55. The number of rotatable bonds is 5. The summed E-state index contributed by atoms with van der Waals surface area (Å²) in [6.45, 7) is 2.50. The minimum atomic E-state index is -0.00596. The highest BCUT2D eigenvalue weighted by Crippen LogP contribution is 2.22. The van der Waals surface area contributed by atoms with Gasteiger partial charge in [0.05, 0.1) is 12.2 Å². The molecule has 0 unspecified atom stereocenters. The zero-order chi connectivity index (χ0) is 15.4. The number of H-pyrrole nitrogens is 1. The van der Waals surface area contributed by atoms with Gasteiger partial charge in [0.2, 0.25) is 0 Å². The molecule has 1 N–H and O–H groups in total. The van der Waals surface area contributed by atoms with E-state index >= 15 is 0 Å². The molecule has 1 aromatic heterocycles. The van der Waals surface area contributed by atoms with Gasteiger partial charge in [0, 0.05) is 11.7 Å². The van der Waals surface area contributed by atoms with E-state index in [0.717, 1.165) is 29.3 Å². The molecule has 0 fully saturated rings. The smallest absolute Gasteiger partial charge is 0.189 e. The number of ketones is 1. The van der Waals surface area contributed by atoms with Crippen LogP contribution in [-0.4, -0.2) is 17.4 Å². The fourth-order valence-electron chi connectivity index (χ4n) is 2.60. The zero-order valence-corrected chi connectivity index (χ0v) is 12.6. The van der Waals surface area contributed by atoms with Gasteiger partial charge in [0.15, 0.2) is 5.78 Å². The quantitative estimate of drug-likeness (QED) is 0.831. The average molecular weight is 293 g/mol. The number of allylic oxidation sites excluding steroid dienone is 4. The van der Waals surface area contributed by atoms with Crippen LogP contribution in [0.25, 0.3) is 17.0 Å². The van der Waals surface area contributed by atoms with E-state index in [1.807, 2.05) is 49.5 Å². The molecule has 1 aliphatic rings. The van der Waals surface area contributed by atoms with Gasteiger partial charge in [-0.3, -0.25) is 4.79 Å². The maximum absolute atomic E-state index is 12.4. The molecule has 1 aliphatic carbocycles. The molecule has 0 amide bonds. The van der Waals surface area contributed by atoms with Crippen LogP contribution in [-0.2, 0) is 9.53 Å². The van der Waals surface area contributed by atoms with Crippen molar-refractivity contribution in [2.45, 2.75) is 19.8 Å². The third-order valence-corrected chi connectivity index (χ3v) is 3.68. The van der Waals surface area contributed by atoms with Crippen molar-refractivity contribution in [3.8, 4) is 0 Å². The van der Waals surface area contributed by atoms with Gasteiger partial charge in [-0.2, -0.15) is 0 Å². The second kappa shape index (κ2) is 6.48. The predicted octanol–water partition coefficient (Wildman–Crippen LogP) is 4.39. The van der Waals surface area contributed by atoms with Crippen LogP contribution in [0, 0.1) is 0 Å². The molecule has 3 rings (SSSR count). The Morgan fingerprint density at radius 1 is 1.27 bits per heavy atom. The second-order valence-corrected chi connectivity index (χ2v) is 5.22. The molecule has 1 heterocycles. The minimum absolute atomic E-state index is 0.00596. The molecule has 1 aromatic carbocycles. The molecule has 3 heteroatoms. The van der Waals surface area contributed by atoms with Crippen LogP contribution in [0.3, 0.4) is 0 Å². The fourth-order valence-corrected chi connectivity index (χ4v) is 2.60. The number of hydrogen-bond acceptors (Lipinski definition) is 2. The summed E-state index contributed by atoms with van der Waals surface area (Å²) in [5, 5.41) is 1.14. The third kappa shape index (κ3) is 3.03. The summed E-state index contributed by atoms with van der Waals surface area (Å²) in [5.41, 5.74) is 2.78. The van der Waals surface area contributed by atoms with Crippen LogP contribution >= 0.6 is 0 Å². The maximum Gasteiger partial charge on any atom is 0.189 e. The molecule has 0 atom stereocenters. The normalized spacial score (nSPS) is 15.0. The van der Waals surface area contributed by atoms with Crippen molar-refractivity contribution in [2.75, 3.05) is 6.61 Å². The zero-order valence-electron chi connectivity index (χ0n) is 12.6. The van der Waals surface area contributed by atoms with E-state index in [0.29, 0.717) is 17.9 Å². The van der Waals surface area contributed by atoms with Crippen LogP contribution in [0.5, 0.6) is 0 Å². The lowest BCUT2D eigenvalue weighted by atomic mass is 10.0. The largest absolute Gasteiger partial charge is 0.493 e. The molecule has 2 aromatic rings. The number of aromatic nitrogens is 1. The van der Waals surface area contributed by atoms with E-state index < -0.39 is 0 Å². The van der Waals surface area contributed by atoms with Gasteiger partial charge in [-0.15, -0.1) is 0 Å². The Morgan fingerprint density at radius 3 is 3.00 bits per heavy atom. The van der Waals surface area contributed by atoms with Crippen LogP contribution < -0.4 is 0 Å². The SMILES string of the molecule is CCOC1=CCCC=C1C(=O)/C=C/c1ccc2[nH]ccc2c1. The molecular formula is C19H19NO2. The molecule has 0 saturated heterocycles. The lowest BCUT2D eigenvalue weighted by Crippen LogP contribution is -2.08. The highest BCUT2D eigenvalue weighted by Gasteiger charge is 2.15. The summed E-state index contributed by atoms with van der Waals surface area (Å²) in [4.78, 5) is 15.5. The van der Waals surface area contributed by atoms with Crippen LogP contribution in [0.1, 0.15) is 25.3 Å². The minimum Gasteiger partial charge on any atom is -0.493 e. The van der Waals surface area contributed by atoms with Crippen molar-refractivity contribution in [2.24, 2.45) is 0 Å². The molecule has 0 aliphatic heterocycles. The Labute approximate surface area is 130 Å². The van der Waals surface area contributed by atoms with Crippen LogP contribution in [0.15, 0.2) is 60.0 Å². The lowest BCUT2D eigenvalue weighted by Gasteiger charge is -2.14. The number of nitrogens with one attached hydrogen (secondary N) is 1. The second-order valence-electron chi connectivity index (χ2n) is 5.22.